The zero-order valence-electron chi connectivity index (χ0n) is 9.54. The average molecular weight is 213 g/mol. The Morgan fingerprint density at radius 1 is 1.53 bits per heavy atom. The maximum absolute atomic E-state index is 11.4. The molecule has 0 saturated carbocycles. The van der Waals surface area contributed by atoms with Gasteiger partial charge >= 0.3 is 5.97 Å². The lowest BCUT2D eigenvalue weighted by Gasteiger charge is -2.14. The molecule has 0 aliphatic carbocycles. The Morgan fingerprint density at radius 2 is 2.20 bits per heavy atom. The zero-order valence-corrected chi connectivity index (χ0v) is 9.54. The van der Waals surface area contributed by atoms with E-state index < -0.39 is 5.41 Å². The van der Waals surface area contributed by atoms with Crippen molar-refractivity contribution in [3.05, 3.63) is 0 Å². The molecule has 86 valence electrons. The summed E-state index contributed by atoms with van der Waals surface area (Å²) in [5, 5.41) is 6.85. The molecular weight excluding hydrogens is 194 g/mol. The summed E-state index contributed by atoms with van der Waals surface area (Å²) in [5.74, 6) is 0.228. The summed E-state index contributed by atoms with van der Waals surface area (Å²) < 4.78 is 0. The maximum atomic E-state index is 11.4. The topological polar surface area (TPSA) is 76.7 Å². The monoisotopic (exact) mass is 213 g/mol. The van der Waals surface area contributed by atoms with Crippen molar-refractivity contribution in [3.8, 4) is 0 Å². The summed E-state index contributed by atoms with van der Waals surface area (Å²) in [6.45, 7) is 7.07. The van der Waals surface area contributed by atoms with Gasteiger partial charge in [0.2, 0.25) is 0 Å². The summed E-state index contributed by atoms with van der Waals surface area (Å²) in [6.07, 6.45) is 0.947. The molecule has 5 heteroatoms. The van der Waals surface area contributed by atoms with Gasteiger partial charge in [-0.15, -0.1) is 0 Å². The van der Waals surface area contributed by atoms with Crippen LogP contribution in [0.2, 0.25) is 0 Å². The molecule has 0 amide bonds. The molecule has 1 aliphatic rings. The number of carbonyl (C=O) groups is 1. The zero-order chi connectivity index (χ0) is 11.5. The van der Waals surface area contributed by atoms with Crippen LogP contribution in [0.25, 0.3) is 0 Å². The summed E-state index contributed by atoms with van der Waals surface area (Å²) in [7, 11) is 0. The molecule has 0 aromatic rings. The van der Waals surface area contributed by atoms with Gasteiger partial charge in [0.15, 0.2) is 0 Å². The molecule has 1 rings (SSSR count). The van der Waals surface area contributed by atoms with E-state index in [-0.39, 0.29) is 11.9 Å². The third kappa shape index (κ3) is 3.51. The van der Waals surface area contributed by atoms with Crippen LogP contribution in [0.3, 0.4) is 0 Å². The molecule has 15 heavy (non-hydrogen) atoms. The van der Waals surface area contributed by atoms with Crippen LogP contribution >= 0.6 is 0 Å². The highest BCUT2D eigenvalue weighted by Crippen LogP contribution is 2.15. The van der Waals surface area contributed by atoms with Crippen molar-refractivity contribution in [3.63, 3.8) is 0 Å². The van der Waals surface area contributed by atoms with Gasteiger partial charge in [-0.1, -0.05) is 5.16 Å². The highest BCUT2D eigenvalue weighted by atomic mass is 16.7. The normalized spacial score (nSPS) is 22.9. The third-order valence-corrected chi connectivity index (χ3v) is 2.32. The first kappa shape index (κ1) is 12.0. The molecule has 0 aromatic carbocycles. The van der Waals surface area contributed by atoms with E-state index in [2.05, 4.69) is 10.5 Å². The first-order chi connectivity index (χ1) is 6.91. The molecule has 0 unspecified atom stereocenters. The molecule has 0 radical (unpaired) electrons. The van der Waals surface area contributed by atoms with Crippen LogP contribution in [-0.2, 0) is 9.63 Å². The lowest BCUT2D eigenvalue weighted by Crippen LogP contribution is -2.28. The number of hydrogen-bond donors (Lipinski definition) is 2. The van der Waals surface area contributed by atoms with E-state index in [0.717, 1.165) is 19.5 Å². The van der Waals surface area contributed by atoms with Gasteiger partial charge in [0, 0.05) is 12.5 Å². The van der Waals surface area contributed by atoms with Crippen LogP contribution in [0.5, 0.6) is 0 Å². The van der Waals surface area contributed by atoms with Crippen molar-refractivity contribution in [1.82, 2.24) is 5.32 Å². The summed E-state index contributed by atoms with van der Waals surface area (Å²) >= 11 is 0. The Balaban J connectivity index is 2.46. The van der Waals surface area contributed by atoms with Crippen LogP contribution < -0.4 is 11.1 Å². The summed E-state index contributed by atoms with van der Waals surface area (Å²) in [6, 6.07) is 0. The molecule has 1 aliphatic heterocycles. The second-order valence-electron chi connectivity index (χ2n) is 4.83. The smallest absolute Gasteiger partial charge is 0.340 e. The van der Waals surface area contributed by atoms with E-state index in [0.29, 0.717) is 5.84 Å². The minimum atomic E-state index is -0.544. The van der Waals surface area contributed by atoms with Gasteiger partial charge in [0.25, 0.3) is 0 Å². The molecule has 0 bridgehead atoms. The van der Waals surface area contributed by atoms with Gasteiger partial charge < -0.3 is 15.9 Å². The highest BCUT2D eigenvalue weighted by Gasteiger charge is 2.24. The molecule has 0 spiro atoms. The molecule has 1 saturated heterocycles. The predicted molar refractivity (Wildman–Crippen MR) is 58.1 cm³/mol. The number of oxime groups is 1. The van der Waals surface area contributed by atoms with Crippen molar-refractivity contribution in [2.45, 2.75) is 27.2 Å². The largest absolute Gasteiger partial charge is 0.384 e. The quantitative estimate of drug-likeness (QED) is 0.302. The lowest BCUT2D eigenvalue weighted by atomic mass is 9.98. The summed E-state index contributed by atoms with van der Waals surface area (Å²) in [4.78, 5) is 16.2. The van der Waals surface area contributed by atoms with Crippen molar-refractivity contribution in [2.75, 3.05) is 13.1 Å². The molecule has 1 fully saturated rings. The van der Waals surface area contributed by atoms with Gasteiger partial charge in [-0.2, -0.15) is 0 Å². The summed E-state index contributed by atoms with van der Waals surface area (Å²) in [5.41, 5.74) is 5.16. The molecule has 1 atom stereocenters. The SMILES string of the molecule is CC(C)(C)C(=O)ON=C(N)[C@@H]1CCNC1. The van der Waals surface area contributed by atoms with E-state index in [1.807, 2.05) is 0 Å². The average Bonchev–Trinajstić information content (AvgIpc) is 2.64. The van der Waals surface area contributed by atoms with Crippen LogP contribution in [0, 0.1) is 11.3 Å². The Labute approximate surface area is 90.0 Å². The molecule has 0 aromatic heterocycles. The fourth-order valence-electron chi connectivity index (χ4n) is 1.21. The van der Waals surface area contributed by atoms with Gasteiger partial charge in [0.05, 0.1) is 5.41 Å². The van der Waals surface area contributed by atoms with E-state index in [1.165, 1.54) is 0 Å². The maximum Gasteiger partial charge on any atom is 0.340 e. The predicted octanol–water partition coefficient (Wildman–Crippen LogP) is 0.457. The van der Waals surface area contributed by atoms with E-state index in [4.69, 9.17) is 10.6 Å². The Kier molecular flexibility index (Phi) is 3.68. The molecule has 3 N–H and O–H groups in total. The fourth-order valence-corrected chi connectivity index (χ4v) is 1.21. The van der Waals surface area contributed by atoms with Crippen molar-refractivity contribution < 1.29 is 9.63 Å². The van der Waals surface area contributed by atoms with Gasteiger partial charge in [0.1, 0.15) is 5.84 Å². The standard InChI is InChI=1S/C10H19N3O2/c1-10(2,3)9(14)15-13-8(11)7-4-5-12-6-7/h7,12H,4-6H2,1-3H3,(H2,11,13)/t7-/m1/s1. The first-order valence-electron chi connectivity index (χ1n) is 5.17. The Morgan fingerprint density at radius 3 is 2.67 bits per heavy atom. The van der Waals surface area contributed by atoms with E-state index in [9.17, 15) is 4.79 Å². The van der Waals surface area contributed by atoms with Crippen LogP contribution in [0.1, 0.15) is 27.2 Å². The molecule has 5 nitrogen and oxygen atoms in total. The lowest BCUT2D eigenvalue weighted by molar-refractivity contribution is -0.153. The van der Waals surface area contributed by atoms with Crippen LogP contribution in [0.15, 0.2) is 5.16 Å². The minimum absolute atomic E-state index is 0.192. The van der Waals surface area contributed by atoms with Crippen molar-refractivity contribution in [1.29, 1.82) is 0 Å². The number of carbonyl (C=O) groups excluding carboxylic acids is 1. The minimum Gasteiger partial charge on any atom is -0.384 e. The second kappa shape index (κ2) is 4.61. The Bertz CT molecular complexity index is 262. The number of amidine groups is 1. The number of nitrogens with two attached hydrogens (primary N) is 1. The van der Waals surface area contributed by atoms with Gasteiger partial charge in [-0.3, -0.25) is 0 Å². The van der Waals surface area contributed by atoms with E-state index >= 15 is 0 Å². The second-order valence-corrected chi connectivity index (χ2v) is 4.83. The molecule has 1 heterocycles. The number of rotatable bonds is 2. The highest BCUT2D eigenvalue weighted by molar-refractivity contribution is 5.84. The Hall–Kier alpha value is -1.10. The fraction of sp³-hybridized carbons (Fsp3) is 0.800. The van der Waals surface area contributed by atoms with Crippen molar-refractivity contribution in [2.24, 2.45) is 22.2 Å². The number of nitrogens with zero attached hydrogens (tertiary/aromatic N) is 1. The van der Waals surface area contributed by atoms with E-state index in [1.54, 1.807) is 20.8 Å². The van der Waals surface area contributed by atoms with Crippen LogP contribution in [-0.4, -0.2) is 24.9 Å². The van der Waals surface area contributed by atoms with Crippen LogP contribution in [0.4, 0.5) is 0 Å². The van der Waals surface area contributed by atoms with Crippen molar-refractivity contribution >= 4 is 11.8 Å². The number of hydrogen-bond acceptors (Lipinski definition) is 4. The first-order valence-corrected chi connectivity index (χ1v) is 5.17. The van der Waals surface area contributed by atoms with Gasteiger partial charge in [-0.25, -0.2) is 4.79 Å². The third-order valence-electron chi connectivity index (χ3n) is 2.32. The van der Waals surface area contributed by atoms with Gasteiger partial charge in [-0.05, 0) is 33.7 Å². The number of nitrogens with one attached hydrogen (secondary N) is 1. The molecular formula is C10H19N3O2.